The molecule has 2 rings (SSSR count). The third kappa shape index (κ3) is 2.67. The lowest BCUT2D eigenvalue weighted by molar-refractivity contribution is -0.00461. The molecule has 1 fully saturated rings. The zero-order chi connectivity index (χ0) is 13.0. The van der Waals surface area contributed by atoms with Crippen LogP contribution in [0.5, 0.6) is 0 Å². The maximum Gasteiger partial charge on any atom is 0.115 e. The van der Waals surface area contributed by atoms with Gasteiger partial charge in [-0.15, -0.1) is 0 Å². The smallest absolute Gasteiger partial charge is 0.115 e. The number of hydrogen-bond donors (Lipinski definition) is 1. The zero-order valence-electron chi connectivity index (χ0n) is 10.8. The maximum absolute atomic E-state index is 5.87. The quantitative estimate of drug-likeness (QED) is 0.784. The lowest BCUT2D eigenvalue weighted by Gasteiger charge is -2.25. The molecule has 0 aliphatic carbocycles. The third-order valence-corrected chi connectivity index (χ3v) is 3.46. The molecule has 3 unspecified atom stereocenters. The van der Waals surface area contributed by atoms with Crippen molar-refractivity contribution in [3.8, 4) is 0 Å². The average Bonchev–Trinajstić information content (AvgIpc) is 2.84. The molecule has 100 valence electrons. The van der Waals surface area contributed by atoms with Gasteiger partial charge in [0.2, 0.25) is 0 Å². The molecule has 1 saturated heterocycles. The molecule has 1 aromatic rings. The van der Waals surface area contributed by atoms with Gasteiger partial charge in [-0.3, -0.25) is 4.90 Å². The van der Waals surface area contributed by atoms with E-state index in [-0.39, 0.29) is 18.2 Å². The highest BCUT2D eigenvalue weighted by molar-refractivity contribution is 5.07. The predicted molar refractivity (Wildman–Crippen MR) is 67.0 cm³/mol. The van der Waals surface area contributed by atoms with E-state index in [0.29, 0.717) is 6.54 Å². The summed E-state index contributed by atoms with van der Waals surface area (Å²) in [6.45, 7) is 2.13. The summed E-state index contributed by atoms with van der Waals surface area (Å²) in [4.78, 5) is 10.5. The minimum absolute atomic E-state index is 0.0887. The van der Waals surface area contributed by atoms with E-state index in [4.69, 9.17) is 15.2 Å². The van der Waals surface area contributed by atoms with Gasteiger partial charge in [-0.05, 0) is 6.07 Å². The molecule has 0 aromatic carbocycles. The minimum Gasteiger partial charge on any atom is -0.377 e. The van der Waals surface area contributed by atoms with Crippen molar-refractivity contribution in [3.05, 3.63) is 24.3 Å². The Morgan fingerprint density at radius 3 is 2.50 bits per heavy atom. The second-order valence-electron chi connectivity index (χ2n) is 4.39. The highest BCUT2D eigenvalue weighted by atomic mass is 16.5. The Morgan fingerprint density at radius 2 is 2.06 bits per heavy atom. The Bertz CT molecular complexity index is 350. The fraction of sp³-hybridized carbons (Fsp3) is 0.667. The molecule has 0 amide bonds. The standard InChI is InChI=1S/C12H20N4O2/c1-17-11-6-16(7-12(11)18-2)10(5-13)9-3-4-14-8-15-9/h3-4,8,10-12H,5-7,13H2,1-2H3. The van der Waals surface area contributed by atoms with Crippen LogP contribution in [-0.4, -0.2) is 60.9 Å². The van der Waals surface area contributed by atoms with E-state index in [1.54, 1.807) is 26.7 Å². The molecule has 18 heavy (non-hydrogen) atoms. The van der Waals surface area contributed by atoms with E-state index in [2.05, 4.69) is 14.9 Å². The first-order chi connectivity index (χ1) is 8.80. The Balaban J connectivity index is 2.11. The van der Waals surface area contributed by atoms with Crippen LogP contribution in [0.25, 0.3) is 0 Å². The van der Waals surface area contributed by atoms with Crippen LogP contribution in [0.3, 0.4) is 0 Å². The van der Waals surface area contributed by atoms with Crippen molar-refractivity contribution in [2.75, 3.05) is 33.9 Å². The summed E-state index contributed by atoms with van der Waals surface area (Å²) in [7, 11) is 3.42. The van der Waals surface area contributed by atoms with E-state index in [1.807, 2.05) is 6.07 Å². The number of nitrogens with two attached hydrogens (primary N) is 1. The number of hydrogen-bond acceptors (Lipinski definition) is 6. The van der Waals surface area contributed by atoms with Gasteiger partial charge >= 0.3 is 0 Å². The van der Waals surface area contributed by atoms with Gasteiger partial charge in [0.1, 0.15) is 6.33 Å². The molecule has 0 spiro atoms. The van der Waals surface area contributed by atoms with E-state index in [9.17, 15) is 0 Å². The molecule has 0 bridgehead atoms. The molecular weight excluding hydrogens is 232 g/mol. The molecule has 0 radical (unpaired) electrons. The number of aromatic nitrogens is 2. The molecule has 6 heteroatoms. The van der Waals surface area contributed by atoms with E-state index in [0.717, 1.165) is 18.8 Å². The second-order valence-corrected chi connectivity index (χ2v) is 4.39. The zero-order valence-corrected chi connectivity index (χ0v) is 10.8. The van der Waals surface area contributed by atoms with Crippen molar-refractivity contribution < 1.29 is 9.47 Å². The molecule has 3 atom stereocenters. The van der Waals surface area contributed by atoms with Crippen LogP contribution < -0.4 is 5.73 Å². The summed E-state index contributed by atoms with van der Waals surface area (Å²) >= 11 is 0. The summed E-state index contributed by atoms with van der Waals surface area (Å²) in [6.07, 6.45) is 3.47. The highest BCUT2D eigenvalue weighted by Crippen LogP contribution is 2.25. The largest absolute Gasteiger partial charge is 0.377 e. The van der Waals surface area contributed by atoms with Crippen molar-refractivity contribution in [2.45, 2.75) is 18.2 Å². The predicted octanol–water partition coefficient (Wildman–Crippen LogP) is -0.178. The first-order valence-electron chi connectivity index (χ1n) is 6.05. The summed E-state index contributed by atoms with van der Waals surface area (Å²) in [5.74, 6) is 0. The Hall–Kier alpha value is -1.08. The second kappa shape index (κ2) is 6.19. The molecule has 2 N–H and O–H groups in total. The lowest BCUT2D eigenvalue weighted by atomic mass is 10.2. The van der Waals surface area contributed by atoms with Gasteiger partial charge in [0.15, 0.2) is 0 Å². The highest BCUT2D eigenvalue weighted by Gasteiger charge is 2.36. The van der Waals surface area contributed by atoms with Crippen LogP contribution in [0.15, 0.2) is 18.6 Å². The van der Waals surface area contributed by atoms with E-state index >= 15 is 0 Å². The average molecular weight is 252 g/mol. The SMILES string of the molecule is COC1CN(C(CN)c2ccncn2)CC1OC. The minimum atomic E-state index is 0.0887. The van der Waals surface area contributed by atoms with Gasteiger partial charge in [-0.25, -0.2) is 9.97 Å². The molecule has 6 nitrogen and oxygen atoms in total. The molecule has 0 saturated carbocycles. The van der Waals surface area contributed by atoms with Crippen molar-refractivity contribution >= 4 is 0 Å². The Morgan fingerprint density at radius 1 is 1.39 bits per heavy atom. The van der Waals surface area contributed by atoms with Gasteiger partial charge in [0, 0.05) is 40.1 Å². The van der Waals surface area contributed by atoms with Crippen LogP contribution in [-0.2, 0) is 9.47 Å². The van der Waals surface area contributed by atoms with Gasteiger partial charge < -0.3 is 15.2 Å². The Kier molecular flexibility index (Phi) is 4.60. The summed E-state index contributed by atoms with van der Waals surface area (Å²) in [5.41, 5.74) is 6.82. The van der Waals surface area contributed by atoms with Crippen LogP contribution in [0.1, 0.15) is 11.7 Å². The first kappa shape index (κ1) is 13.4. The van der Waals surface area contributed by atoms with Crippen molar-refractivity contribution in [2.24, 2.45) is 5.73 Å². The van der Waals surface area contributed by atoms with Crippen molar-refractivity contribution in [3.63, 3.8) is 0 Å². The number of nitrogens with zero attached hydrogens (tertiary/aromatic N) is 3. The topological polar surface area (TPSA) is 73.5 Å². The fourth-order valence-electron chi connectivity index (χ4n) is 2.43. The van der Waals surface area contributed by atoms with Gasteiger partial charge in [0.05, 0.1) is 23.9 Å². The number of methoxy groups -OCH3 is 2. The van der Waals surface area contributed by atoms with Gasteiger partial charge in [-0.2, -0.15) is 0 Å². The maximum atomic E-state index is 5.87. The van der Waals surface area contributed by atoms with Gasteiger partial charge in [0.25, 0.3) is 0 Å². The van der Waals surface area contributed by atoms with Crippen molar-refractivity contribution in [1.29, 1.82) is 0 Å². The number of likely N-dealkylation sites (tertiary alicyclic amines) is 1. The van der Waals surface area contributed by atoms with Crippen molar-refractivity contribution in [1.82, 2.24) is 14.9 Å². The first-order valence-corrected chi connectivity index (χ1v) is 6.05. The lowest BCUT2D eigenvalue weighted by Crippen LogP contribution is -2.33. The van der Waals surface area contributed by atoms with Crippen LogP contribution in [0.2, 0.25) is 0 Å². The van der Waals surface area contributed by atoms with E-state index in [1.165, 1.54) is 0 Å². The summed E-state index contributed by atoms with van der Waals surface area (Å²) in [6, 6.07) is 1.99. The number of rotatable bonds is 5. The Labute approximate surface area is 107 Å². The normalized spacial score (nSPS) is 26.4. The van der Waals surface area contributed by atoms with Crippen LogP contribution in [0.4, 0.5) is 0 Å². The monoisotopic (exact) mass is 252 g/mol. The molecule has 1 aliphatic heterocycles. The summed E-state index contributed by atoms with van der Waals surface area (Å²) in [5, 5.41) is 0. The molecule has 2 heterocycles. The fourth-order valence-corrected chi connectivity index (χ4v) is 2.43. The van der Waals surface area contributed by atoms with E-state index < -0.39 is 0 Å². The van der Waals surface area contributed by atoms with Crippen LogP contribution >= 0.6 is 0 Å². The summed E-state index contributed by atoms with van der Waals surface area (Å²) < 4.78 is 10.9. The van der Waals surface area contributed by atoms with Crippen LogP contribution in [0, 0.1) is 0 Å². The number of ether oxygens (including phenoxy) is 2. The molecule has 1 aromatic heterocycles. The molecular formula is C12H20N4O2. The van der Waals surface area contributed by atoms with Gasteiger partial charge in [-0.1, -0.05) is 0 Å². The molecule has 1 aliphatic rings. The third-order valence-electron chi connectivity index (χ3n) is 3.46.